The molecule has 0 atom stereocenters. The van der Waals surface area contributed by atoms with Gasteiger partial charge in [0, 0.05) is 12.7 Å². The zero-order valence-corrected chi connectivity index (χ0v) is 15.9. The van der Waals surface area contributed by atoms with Gasteiger partial charge >= 0.3 is 11.8 Å². The number of nitrogens with one attached hydrogen (secondary N) is 2. The lowest BCUT2D eigenvalue weighted by Gasteiger charge is -2.22. The molecule has 9 heteroatoms. The predicted molar refractivity (Wildman–Crippen MR) is 112 cm³/mol. The topological polar surface area (TPSA) is 130 Å². The van der Waals surface area contributed by atoms with Crippen LogP contribution in [0, 0.1) is 0 Å². The zero-order chi connectivity index (χ0) is 20.9. The van der Waals surface area contributed by atoms with Gasteiger partial charge in [-0.05, 0) is 17.7 Å². The fraction of sp³-hybridized carbons (Fsp3) is 0.0952. The fourth-order valence-corrected chi connectivity index (χ4v) is 3.06. The van der Waals surface area contributed by atoms with E-state index >= 15 is 0 Å². The Morgan fingerprint density at radius 1 is 1.00 bits per heavy atom. The first-order valence-electron chi connectivity index (χ1n) is 9.23. The van der Waals surface area contributed by atoms with E-state index in [1.807, 2.05) is 36.4 Å². The summed E-state index contributed by atoms with van der Waals surface area (Å²) in [7, 11) is 0. The zero-order valence-electron chi connectivity index (χ0n) is 15.9. The Kier molecular flexibility index (Phi) is 5.33. The number of nitrogen functional groups attached to an aromatic ring is 1. The van der Waals surface area contributed by atoms with E-state index in [9.17, 15) is 9.59 Å². The van der Waals surface area contributed by atoms with Crippen molar-refractivity contribution < 1.29 is 9.59 Å². The average Bonchev–Trinajstić information content (AvgIpc) is 3.27. The van der Waals surface area contributed by atoms with E-state index in [-0.39, 0.29) is 18.9 Å². The molecular weight excluding hydrogens is 382 g/mol. The molecule has 3 aromatic heterocycles. The molecule has 2 amide bonds. The lowest BCUT2D eigenvalue weighted by Crippen LogP contribution is -2.39. The second-order valence-corrected chi connectivity index (χ2v) is 6.64. The maximum Gasteiger partial charge on any atom is 0.314 e. The first kappa shape index (κ1) is 19.1. The number of nitrogens with zero attached hydrogens (tertiary/aromatic N) is 4. The van der Waals surface area contributed by atoms with Crippen molar-refractivity contribution in [3.8, 4) is 0 Å². The molecule has 150 valence electrons. The first-order valence-corrected chi connectivity index (χ1v) is 9.23. The maximum absolute atomic E-state index is 13.0. The van der Waals surface area contributed by atoms with Gasteiger partial charge in [0.05, 0.1) is 41.2 Å². The van der Waals surface area contributed by atoms with Crippen LogP contribution in [-0.4, -0.2) is 36.9 Å². The van der Waals surface area contributed by atoms with Gasteiger partial charge < -0.3 is 16.0 Å². The Balaban J connectivity index is 1.57. The van der Waals surface area contributed by atoms with E-state index in [1.54, 1.807) is 18.3 Å². The molecule has 0 aliphatic carbocycles. The highest BCUT2D eigenvalue weighted by molar-refractivity contribution is 6.40. The first-order chi connectivity index (χ1) is 14.6. The molecule has 0 saturated carbocycles. The highest BCUT2D eigenvalue weighted by atomic mass is 16.2. The van der Waals surface area contributed by atoms with Crippen molar-refractivity contribution in [2.75, 3.05) is 11.1 Å². The van der Waals surface area contributed by atoms with Crippen molar-refractivity contribution >= 4 is 34.2 Å². The molecule has 0 spiro atoms. The maximum atomic E-state index is 13.0. The number of hydrogen-bond acceptors (Lipinski definition) is 6. The highest BCUT2D eigenvalue weighted by Gasteiger charge is 2.24. The van der Waals surface area contributed by atoms with Crippen LogP contribution in [0.2, 0.25) is 0 Å². The summed E-state index contributed by atoms with van der Waals surface area (Å²) in [5.41, 5.74) is 8.23. The molecule has 4 aromatic rings. The molecule has 0 unspecified atom stereocenters. The quantitative estimate of drug-likeness (QED) is 0.439. The monoisotopic (exact) mass is 401 g/mol. The van der Waals surface area contributed by atoms with Crippen LogP contribution in [0.1, 0.15) is 11.3 Å². The van der Waals surface area contributed by atoms with Gasteiger partial charge in [0.15, 0.2) is 0 Å². The smallest absolute Gasteiger partial charge is 0.314 e. The van der Waals surface area contributed by atoms with Crippen molar-refractivity contribution in [3.63, 3.8) is 0 Å². The van der Waals surface area contributed by atoms with Crippen LogP contribution in [0.3, 0.4) is 0 Å². The molecule has 0 saturated heterocycles. The SMILES string of the molecule is Nc1ncc(NC(=O)C(=O)N(Cc2ccccc2)Cc2ccccn2)c2[nH]ncc12. The molecule has 0 bridgehead atoms. The number of fused-ring (bicyclic) bond motifs is 1. The summed E-state index contributed by atoms with van der Waals surface area (Å²) in [5, 5.41) is 9.86. The van der Waals surface area contributed by atoms with E-state index in [0.29, 0.717) is 22.3 Å². The summed E-state index contributed by atoms with van der Waals surface area (Å²) in [5.74, 6) is -1.19. The number of amides is 2. The highest BCUT2D eigenvalue weighted by Crippen LogP contribution is 2.24. The summed E-state index contributed by atoms with van der Waals surface area (Å²) in [6.07, 6.45) is 4.55. The second-order valence-electron chi connectivity index (χ2n) is 6.64. The van der Waals surface area contributed by atoms with Crippen molar-refractivity contribution in [1.29, 1.82) is 0 Å². The minimum Gasteiger partial charge on any atom is -0.383 e. The van der Waals surface area contributed by atoms with Gasteiger partial charge in [-0.15, -0.1) is 0 Å². The summed E-state index contributed by atoms with van der Waals surface area (Å²) >= 11 is 0. The summed E-state index contributed by atoms with van der Waals surface area (Å²) in [6, 6.07) is 14.9. The van der Waals surface area contributed by atoms with E-state index in [1.165, 1.54) is 17.3 Å². The summed E-state index contributed by atoms with van der Waals surface area (Å²) < 4.78 is 0. The molecule has 0 aliphatic rings. The largest absolute Gasteiger partial charge is 0.383 e. The lowest BCUT2D eigenvalue weighted by molar-refractivity contribution is -0.144. The Hall–Kier alpha value is -4.27. The minimum atomic E-state index is -0.788. The normalized spacial score (nSPS) is 10.7. The third-order valence-electron chi connectivity index (χ3n) is 4.54. The molecule has 4 rings (SSSR count). The van der Waals surface area contributed by atoms with Gasteiger partial charge in [-0.3, -0.25) is 19.7 Å². The Bertz CT molecular complexity index is 1130. The number of nitrogens with two attached hydrogens (primary N) is 1. The fourth-order valence-electron chi connectivity index (χ4n) is 3.06. The van der Waals surface area contributed by atoms with Gasteiger partial charge in [-0.25, -0.2) is 4.98 Å². The number of benzene rings is 1. The van der Waals surface area contributed by atoms with Gasteiger partial charge in [0.25, 0.3) is 0 Å². The van der Waals surface area contributed by atoms with Crippen LogP contribution >= 0.6 is 0 Å². The van der Waals surface area contributed by atoms with Gasteiger partial charge in [0.2, 0.25) is 0 Å². The molecule has 0 radical (unpaired) electrons. The standard InChI is InChI=1S/C21H19N7O2/c22-19-16-10-25-27-18(16)17(11-24-19)26-20(29)21(30)28(12-14-6-2-1-3-7-14)13-15-8-4-5-9-23-15/h1-11H,12-13H2,(H2,22,24)(H,25,27)(H,26,29). The second kappa shape index (κ2) is 8.39. The van der Waals surface area contributed by atoms with Crippen molar-refractivity contribution in [1.82, 2.24) is 25.1 Å². The number of rotatable bonds is 5. The molecule has 9 nitrogen and oxygen atoms in total. The third-order valence-corrected chi connectivity index (χ3v) is 4.54. The minimum absolute atomic E-state index is 0.196. The number of anilines is 2. The van der Waals surface area contributed by atoms with E-state index < -0.39 is 11.8 Å². The van der Waals surface area contributed by atoms with E-state index in [4.69, 9.17) is 5.73 Å². The number of carbonyl (C=O) groups is 2. The number of pyridine rings is 2. The third kappa shape index (κ3) is 4.09. The number of carbonyl (C=O) groups excluding carboxylic acids is 2. The number of hydrogen-bond donors (Lipinski definition) is 3. The predicted octanol–water partition coefficient (Wildman–Crippen LogP) is 2.10. The molecule has 3 heterocycles. The van der Waals surface area contributed by atoms with Crippen molar-refractivity contribution in [2.24, 2.45) is 0 Å². The number of H-pyrrole nitrogens is 1. The van der Waals surface area contributed by atoms with Crippen LogP contribution in [0.4, 0.5) is 11.5 Å². The van der Waals surface area contributed by atoms with Crippen LogP contribution in [0.5, 0.6) is 0 Å². The Morgan fingerprint density at radius 2 is 1.80 bits per heavy atom. The Morgan fingerprint density at radius 3 is 2.57 bits per heavy atom. The molecule has 0 aliphatic heterocycles. The molecule has 1 aromatic carbocycles. The lowest BCUT2D eigenvalue weighted by atomic mass is 10.2. The Labute approximate surface area is 171 Å². The van der Waals surface area contributed by atoms with Crippen LogP contribution in [0.15, 0.2) is 67.1 Å². The van der Waals surface area contributed by atoms with Gasteiger partial charge in [-0.2, -0.15) is 5.10 Å². The van der Waals surface area contributed by atoms with Crippen molar-refractivity contribution in [3.05, 3.63) is 78.4 Å². The average molecular weight is 401 g/mol. The van der Waals surface area contributed by atoms with Gasteiger partial charge in [0.1, 0.15) is 5.82 Å². The van der Waals surface area contributed by atoms with Crippen LogP contribution in [0.25, 0.3) is 10.9 Å². The number of aromatic nitrogens is 4. The van der Waals surface area contributed by atoms with Gasteiger partial charge in [-0.1, -0.05) is 36.4 Å². The summed E-state index contributed by atoms with van der Waals surface area (Å²) in [6.45, 7) is 0.463. The molecule has 0 fully saturated rings. The summed E-state index contributed by atoms with van der Waals surface area (Å²) in [4.78, 5) is 35.5. The molecule has 4 N–H and O–H groups in total. The van der Waals surface area contributed by atoms with E-state index in [0.717, 1.165) is 5.56 Å². The molecule has 30 heavy (non-hydrogen) atoms. The van der Waals surface area contributed by atoms with Crippen molar-refractivity contribution in [2.45, 2.75) is 13.1 Å². The number of aromatic amines is 1. The van der Waals surface area contributed by atoms with Crippen LogP contribution in [-0.2, 0) is 22.7 Å². The molecular formula is C21H19N7O2. The van der Waals surface area contributed by atoms with E-state index in [2.05, 4.69) is 25.5 Å². The van der Waals surface area contributed by atoms with Crippen LogP contribution < -0.4 is 11.1 Å².